The lowest BCUT2D eigenvalue weighted by Crippen LogP contribution is -2.28. The molecule has 0 spiro atoms. The van der Waals surface area contributed by atoms with E-state index >= 15 is 0 Å². The zero-order valence-electron chi connectivity index (χ0n) is 9.16. The Morgan fingerprint density at radius 1 is 1.56 bits per heavy atom. The maximum Gasteiger partial charge on any atom is 0.221 e. The maximum atomic E-state index is 11.3. The Labute approximate surface area is 99.2 Å². The number of hydrogen-bond donors (Lipinski definition) is 3. The third-order valence-corrected chi connectivity index (χ3v) is 3.47. The molecule has 1 aromatic rings. The minimum absolute atomic E-state index is 0.147. The first-order valence-corrected chi connectivity index (χ1v) is 6.45. The van der Waals surface area contributed by atoms with Crippen molar-refractivity contribution in [2.24, 2.45) is 0 Å². The van der Waals surface area contributed by atoms with Gasteiger partial charge in [0.1, 0.15) is 0 Å². The molecule has 1 heterocycles. The van der Waals surface area contributed by atoms with Gasteiger partial charge in [0, 0.05) is 36.1 Å². The lowest BCUT2D eigenvalue weighted by Gasteiger charge is -2.05. The highest BCUT2D eigenvalue weighted by Crippen LogP contribution is 2.19. The Kier molecular flexibility index (Phi) is 3.79. The SMILES string of the molecule is Nc1ccsc1CNCCC(=O)NC1CC1. The van der Waals surface area contributed by atoms with E-state index in [0.29, 0.717) is 19.0 Å². The largest absolute Gasteiger partial charge is 0.398 e. The van der Waals surface area contributed by atoms with Gasteiger partial charge in [-0.15, -0.1) is 11.3 Å². The van der Waals surface area contributed by atoms with E-state index in [1.807, 2.05) is 11.4 Å². The molecule has 0 bridgehead atoms. The summed E-state index contributed by atoms with van der Waals surface area (Å²) < 4.78 is 0. The molecule has 0 aromatic carbocycles. The van der Waals surface area contributed by atoms with Gasteiger partial charge in [0.05, 0.1) is 0 Å². The Morgan fingerprint density at radius 2 is 2.38 bits per heavy atom. The molecule has 5 heteroatoms. The van der Waals surface area contributed by atoms with Crippen molar-refractivity contribution in [3.05, 3.63) is 16.3 Å². The highest BCUT2D eigenvalue weighted by Gasteiger charge is 2.22. The monoisotopic (exact) mass is 239 g/mol. The molecule has 1 aromatic heterocycles. The minimum Gasteiger partial charge on any atom is -0.398 e. The van der Waals surface area contributed by atoms with Crippen molar-refractivity contribution in [3.8, 4) is 0 Å². The lowest BCUT2D eigenvalue weighted by molar-refractivity contribution is -0.121. The predicted molar refractivity (Wildman–Crippen MR) is 66.2 cm³/mol. The summed E-state index contributed by atoms with van der Waals surface area (Å²) in [6, 6.07) is 2.36. The van der Waals surface area contributed by atoms with Crippen molar-refractivity contribution in [3.63, 3.8) is 0 Å². The Hall–Kier alpha value is -1.07. The Bertz CT molecular complexity index is 360. The standard InChI is InChI=1S/C11H17N3OS/c12-9-4-6-16-10(9)7-13-5-3-11(15)14-8-1-2-8/h4,6,8,13H,1-3,5,7,12H2,(H,14,15). The second-order valence-electron chi connectivity index (χ2n) is 4.07. The number of hydrogen-bond acceptors (Lipinski definition) is 4. The molecule has 1 aliphatic carbocycles. The van der Waals surface area contributed by atoms with Crippen LogP contribution in [0.3, 0.4) is 0 Å². The smallest absolute Gasteiger partial charge is 0.221 e. The van der Waals surface area contributed by atoms with Crippen LogP contribution in [0.25, 0.3) is 0 Å². The molecule has 0 unspecified atom stereocenters. The Balaban J connectivity index is 1.57. The highest BCUT2D eigenvalue weighted by atomic mass is 32.1. The third-order valence-electron chi connectivity index (χ3n) is 2.54. The van der Waals surface area contributed by atoms with Crippen molar-refractivity contribution in [2.45, 2.75) is 31.8 Å². The highest BCUT2D eigenvalue weighted by molar-refractivity contribution is 7.10. The van der Waals surface area contributed by atoms with E-state index in [0.717, 1.165) is 30.0 Å². The van der Waals surface area contributed by atoms with E-state index in [-0.39, 0.29) is 5.91 Å². The molecule has 0 saturated heterocycles. The van der Waals surface area contributed by atoms with Crippen molar-refractivity contribution in [1.82, 2.24) is 10.6 Å². The molecular weight excluding hydrogens is 222 g/mol. The first-order valence-electron chi connectivity index (χ1n) is 5.57. The van der Waals surface area contributed by atoms with Gasteiger partial charge in [0.2, 0.25) is 5.91 Å². The molecule has 0 atom stereocenters. The van der Waals surface area contributed by atoms with Gasteiger partial charge in [-0.2, -0.15) is 0 Å². The summed E-state index contributed by atoms with van der Waals surface area (Å²) in [5, 5.41) is 8.16. The summed E-state index contributed by atoms with van der Waals surface area (Å²) in [7, 11) is 0. The molecule has 1 fully saturated rings. The number of nitrogens with one attached hydrogen (secondary N) is 2. The molecule has 1 aliphatic rings. The number of rotatable bonds is 6. The number of nitrogen functional groups attached to an aromatic ring is 1. The molecule has 1 amide bonds. The number of anilines is 1. The van der Waals surface area contributed by atoms with Gasteiger partial charge < -0.3 is 16.4 Å². The summed E-state index contributed by atoms with van der Waals surface area (Å²) in [5.41, 5.74) is 6.58. The first kappa shape index (κ1) is 11.4. The van der Waals surface area contributed by atoms with Crippen molar-refractivity contribution in [2.75, 3.05) is 12.3 Å². The van der Waals surface area contributed by atoms with Crippen LogP contribution in [0.2, 0.25) is 0 Å². The van der Waals surface area contributed by atoms with Crippen LogP contribution in [-0.4, -0.2) is 18.5 Å². The second kappa shape index (κ2) is 5.32. The molecule has 0 aliphatic heterocycles. The molecule has 2 rings (SSSR count). The van der Waals surface area contributed by atoms with Gasteiger partial charge in [0.15, 0.2) is 0 Å². The second-order valence-corrected chi connectivity index (χ2v) is 5.07. The molecular formula is C11H17N3OS. The van der Waals surface area contributed by atoms with Crippen LogP contribution in [-0.2, 0) is 11.3 Å². The van der Waals surface area contributed by atoms with E-state index < -0.39 is 0 Å². The summed E-state index contributed by atoms with van der Waals surface area (Å²) in [4.78, 5) is 12.5. The van der Waals surface area contributed by atoms with Crippen LogP contribution >= 0.6 is 11.3 Å². The molecule has 4 N–H and O–H groups in total. The van der Waals surface area contributed by atoms with Crippen LogP contribution in [0.4, 0.5) is 5.69 Å². The number of nitrogens with two attached hydrogens (primary N) is 1. The predicted octanol–water partition coefficient (Wildman–Crippen LogP) is 1.09. The van der Waals surface area contributed by atoms with Crippen LogP contribution in [0.1, 0.15) is 24.1 Å². The Morgan fingerprint density at radius 3 is 3.00 bits per heavy atom. The van der Waals surface area contributed by atoms with E-state index in [9.17, 15) is 4.79 Å². The molecule has 4 nitrogen and oxygen atoms in total. The van der Waals surface area contributed by atoms with Gasteiger partial charge in [-0.1, -0.05) is 0 Å². The van der Waals surface area contributed by atoms with E-state index in [2.05, 4.69) is 10.6 Å². The average molecular weight is 239 g/mol. The quantitative estimate of drug-likeness (QED) is 0.651. The number of carbonyl (C=O) groups excluding carboxylic acids is 1. The van der Waals surface area contributed by atoms with Crippen LogP contribution in [0.5, 0.6) is 0 Å². The van der Waals surface area contributed by atoms with E-state index in [1.54, 1.807) is 11.3 Å². The molecule has 0 radical (unpaired) electrons. The summed E-state index contributed by atoms with van der Waals surface area (Å²) in [5.74, 6) is 0.147. The van der Waals surface area contributed by atoms with Crippen molar-refractivity contribution >= 4 is 22.9 Å². The van der Waals surface area contributed by atoms with Gasteiger partial charge in [-0.25, -0.2) is 0 Å². The van der Waals surface area contributed by atoms with Gasteiger partial charge in [0.25, 0.3) is 0 Å². The molecule has 16 heavy (non-hydrogen) atoms. The van der Waals surface area contributed by atoms with E-state index in [1.165, 1.54) is 0 Å². The fourth-order valence-corrected chi connectivity index (χ4v) is 2.19. The first-order chi connectivity index (χ1) is 7.75. The summed E-state index contributed by atoms with van der Waals surface area (Å²) in [6.07, 6.45) is 2.83. The number of thiophene rings is 1. The zero-order chi connectivity index (χ0) is 11.4. The van der Waals surface area contributed by atoms with Crippen molar-refractivity contribution in [1.29, 1.82) is 0 Å². The van der Waals surface area contributed by atoms with Crippen LogP contribution in [0, 0.1) is 0 Å². The van der Waals surface area contributed by atoms with E-state index in [4.69, 9.17) is 5.73 Å². The van der Waals surface area contributed by atoms with Gasteiger partial charge >= 0.3 is 0 Å². The maximum absolute atomic E-state index is 11.3. The van der Waals surface area contributed by atoms with Crippen LogP contribution in [0.15, 0.2) is 11.4 Å². The fraction of sp³-hybridized carbons (Fsp3) is 0.545. The molecule has 1 saturated carbocycles. The fourth-order valence-electron chi connectivity index (χ4n) is 1.43. The lowest BCUT2D eigenvalue weighted by atomic mass is 10.3. The normalized spacial score (nSPS) is 15.0. The average Bonchev–Trinajstić information content (AvgIpc) is 2.96. The van der Waals surface area contributed by atoms with Gasteiger partial charge in [-0.05, 0) is 24.3 Å². The van der Waals surface area contributed by atoms with Gasteiger partial charge in [-0.3, -0.25) is 4.79 Å². The topological polar surface area (TPSA) is 67.1 Å². The zero-order valence-corrected chi connectivity index (χ0v) is 9.98. The number of carbonyl (C=O) groups is 1. The molecule has 88 valence electrons. The third kappa shape index (κ3) is 3.50. The minimum atomic E-state index is 0.147. The van der Waals surface area contributed by atoms with Crippen molar-refractivity contribution < 1.29 is 4.79 Å². The van der Waals surface area contributed by atoms with Crippen LogP contribution < -0.4 is 16.4 Å². The summed E-state index contributed by atoms with van der Waals surface area (Å²) in [6.45, 7) is 1.45. The summed E-state index contributed by atoms with van der Waals surface area (Å²) >= 11 is 1.64. The number of amides is 1.